The van der Waals surface area contributed by atoms with Crippen LogP contribution in [0.15, 0.2) is 48.5 Å². The fourth-order valence-corrected chi connectivity index (χ4v) is 3.68. The quantitative estimate of drug-likeness (QED) is 0.569. The summed E-state index contributed by atoms with van der Waals surface area (Å²) in [6.45, 7) is 2.43. The zero-order chi connectivity index (χ0) is 21.0. The van der Waals surface area contributed by atoms with Gasteiger partial charge in [-0.15, -0.1) is 11.3 Å². The monoisotopic (exact) mass is 420 g/mol. The summed E-state index contributed by atoms with van der Waals surface area (Å²) in [6, 6.07) is 13.9. The van der Waals surface area contributed by atoms with E-state index in [-0.39, 0.29) is 23.8 Å². The average molecular weight is 420 g/mol. The predicted octanol–water partition coefficient (Wildman–Crippen LogP) is 5.55. The van der Waals surface area contributed by atoms with E-state index < -0.39 is 12.8 Å². The van der Waals surface area contributed by atoms with Crippen LogP contribution in [0.1, 0.15) is 15.4 Å². The Morgan fingerprint density at radius 1 is 1.10 bits per heavy atom. The van der Waals surface area contributed by atoms with Gasteiger partial charge in [-0.05, 0) is 26.0 Å². The summed E-state index contributed by atoms with van der Waals surface area (Å²) >= 11 is 1.42. The van der Waals surface area contributed by atoms with Crippen LogP contribution in [0.25, 0.3) is 11.3 Å². The number of thiazole rings is 1. The summed E-state index contributed by atoms with van der Waals surface area (Å²) in [7, 11) is 0. The van der Waals surface area contributed by atoms with Crippen LogP contribution in [0.5, 0.6) is 5.75 Å². The highest BCUT2D eigenvalue weighted by Crippen LogP contribution is 2.30. The van der Waals surface area contributed by atoms with Gasteiger partial charge in [0.1, 0.15) is 5.75 Å². The van der Waals surface area contributed by atoms with Crippen molar-refractivity contribution < 1.29 is 22.7 Å². The Labute approximate surface area is 170 Å². The molecule has 2 aromatic carbocycles. The lowest BCUT2D eigenvalue weighted by Crippen LogP contribution is -2.20. The van der Waals surface area contributed by atoms with E-state index in [0.717, 1.165) is 26.7 Å². The standard InChI is InChI=1S/C21H19F3N2O2S/c1-13-7-9-15(10-8-13)20-18(29-14(2)25-20)11-19(27)26-16-5-3-4-6-17(16)28-12-21(22,23)24/h3-10H,11-12H2,1-2H3,(H,26,27). The number of hydrogen-bond donors (Lipinski definition) is 1. The van der Waals surface area contributed by atoms with E-state index in [1.54, 1.807) is 12.1 Å². The first-order chi connectivity index (χ1) is 13.7. The Kier molecular flexibility index (Phi) is 6.22. The molecule has 8 heteroatoms. The van der Waals surface area contributed by atoms with E-state index in [9.17, 15) is 18.0 Å². The van der Waals surface area contributed by atoms with Gasteiger partial charge in [0.25, 0.3) is 0 Å². The summed E-state index contributed by atoms with van der Waals surface area (Å²) in [6.07, 6.45) is -4.40. The molecule has 0 atom stereocenters. The summed E-state index contributed by atoms with van der Waals surface area (Å²) in [4.78, 5) is 17.9. The van der Waals surface area contributed by atoms with Crippen LogP contribution < -0.4 is 10.1 Å². The number of anilines is 1. The van der Waals surface area contributed by atoms with Crippen molar-refractivity contribution in [1.29, 1.82) is 0 Å². The molecule has 0 aliphatic heterocycles. The second-order valence-electron chi connectivity index (χ2n) is 6.50. The third-order valence-electron chi connectivity index (χ3n) is 4.00. The van der Waals surface area contributed by atoms with Crippen molar-refractivity contribution in [3.05, 3.63) is 64.0 Å². The van der Waals surface area contributed by atoms with Crippen LogP contribution in [-0.4, -0.2) is 23.7 Å². The van der Waals surface area contributed by atoms with Gasteiger partial charge in [-0.1, -0.05) is 42.0 Å². The molecule has 0 aliphatic rings. The number of para-hydroxylation sites is 2. The fourth-order valence-electron chi connectivity index (χ4n) is 2.72. The first kappa shape index (κ1) is 20.9. The van der Waals surface area contributed by atoms with Crippen molar-refractivity contribution in [2.24, 2.45) is 0 Å². The smallest absolute Gasteiger partial charge is 0.422 e. The van der Waals surface area contributed by atoms with Crippen molar-refractivity contribution in [2.45, 2.75) is 26.4 Å². The molecule has 3 rings (SSSR count). The molecule has 0 spiro atoms. The topological polar surface area (TPSA) is 51.2 Å². The van der Waals surface area contributed by atoms with Gasteiger partial charge in [0, 0.05) is 10.4 Å². The van der Waals surface area contributed by atoms with Gasteiger partial charge in [-0.2, -0.15) is 13.2 Å². The number of hydrogen-bond acceptors (Lipinski definition) is 4. The number of halogens is 3. The first-order valence-electron chi connectivity index (χ1n) is 8.83. The van der Waals surface area contributed by atoms with E-state index in [4.69, 9.17) is 4.74 Å². The second kappa shape index (κ2) is 8.65. The molecule has 0 saturated heterocycles. The number of aryl methyl sites for hydroxylation is 2. The van der Waals surface area contributed by atoms with Gasteiger partial charge in [-0.3, -0.25) is 4.79 Å². The summed E-state index contributed by atoms with van der Waals surface area (Å²) in [5, 5.41) is 3.47. The molecule has 1 N–H and O–H groups in total. The minimum absolute atomic E-state index is 0.0302. The third kappa shape index (κ3) is 5.80. The Bertz CT molecular complexity index is 998. The molecular weight excluding hydrogens is 401 g/mol. The molecule has 1 aromatic heterocycles. The normalized spacial score (nSPS) is 11.3. The molecule has 4 nitrogen and oxygen atoms in total. The van der Waals surface area contributed by atoms with Crippen molar-refractivity contribution in [3.8, 4) is 17.0 Å². The van der Waals surface area contributed by atoms with Gasteiger partial charge >= 0.3 is 6.18 Å². The molecule has 152 valence electrons. The molecule has 1 amide bonds. The van der Waals surface area contributed by atoms with Crippen LogP contribution in [0.3, 0.4) is 0 Å². The summed E-state index contributed by atoms with van der Waals surface area (Å²) in [5.41, 5.74) is 2.97. The number of nitrogens with one attached hydrogen (secondary N) is 1. The molecule has 0 bridgehead atoms. The maximum Gasteiger partial charge on any atom is 0.422 e. The molecule has 0 unspecified atom stereocenters. The number of aromatic nitrogens is 1. The highest BCUT2D eigenvalue weighted by atomic mass is 32.1. The lowest BCUT2D eigenvalue weighted by Gasteiger charge is -2.13. The van der Waals surface area contributed by atoms with Crippen LogP contribution >= 0.6 is 11.3 Å². The van der Waals surface area contributed by atoms with Gasteiger partial charge in [-0.25, -0.2) is 4.98 Å². The Morgan fingerprint density at radius 2 is 1.79 bits per heavy atom. The molecule has 0 radical (unpaired) electrons. The van der Waals surface area contributed by atoms with Crippen LogP contribution in [0.2, 0.25) is 0 Å². The van der Waals surface area contributed by atoms with Gasteiger partial charge in [0.2, 0.25) is 5.91 Å². The van der Waals surface area contributed by atoms with Crippen molar-refractivity contribution >= 4 is 22.9 Å². The van der Waals surface area contributed by atoms with Crippen molar-refractivity contribution in [1.82, 2.24) is 4.98 Å². The Hall–Kier alpha value is -2.87. The number of ether oxygens (including phenoxy) is 1. The van der Waals surface area contributed by atoms with Gasteiger partial charge < -0.3 is 10.1 Å². The maximum atomic E-state index is 12.6. The number of alkyl halides is 3. The summed E-state index contributed by atoms with van der Waals surface area (Å²) in [5.74, 6) is -0.387. The number of nitrogens with zero attached hydrogens (tertiary/aromatic N) is 1. The zero-order valence-electron chi connectivity index (χ0n) is 15.8. The molecule has 3 aromatic rings. The molecule has 0 saturated carbocycles. The van der Waals surface area contributed by atoms with Crippen LogP contribution in [-0.2, 0) is 11.2 Å². The van der Waals surface area contributed by atoms with E-state index in [0.29, 0.717) is 0 Å². The number of carbonyl (C=O) groups excluding carboxylic acids is 1. The lowest BCUT2D eigenvalue weighted by atomic mass is 10.1. The van der Waals surface area contributed by atoms with Crippen LogP contribution in [0, 0.1) is 13.8 Å². The third-order valence-corrected chi connectivity index (χ3v) is 4.97. The van der Waals surface area contributed by atoms with E-state index in [1.807, 2.05) is 38.1 Å². The fraction of sp³-hybridized carbons (Fsp3) is 0.238. The van der Waals surface area contributed by atoms with Gasteiger partial charge in [0.05, 0.1) is 22.8 Å². The molecule has 0 fully saturated rings. The number of benzene rings is 2. The number of amides is 1. The first-order valence-corrected chi connectivity index (χ1v) is 9.65. The number of carbonyl (C=O) groups is 1. The van der Waals surface area contributed by atoms with E-state index in [2.05, 4.69) is 10.3 Å². The summed E-state index contributed by atoms with van der Waals surface area (Å²) < 4.78 is 42.1. The minimum Gasteiger partial charge on any atom is -0.482 e. The van der Waals surface area contributed by atoms with Gasteiger partial charge in [0.15, 0.2) is 6.61 Å². The molecule has 0 aliphatic carbocycles. The minimum atomic E-state index is -4.46. The van der Waals surface area contributed by atoms with Crippen LogP contribution in [0.4, 0.5) is 18.9 Å². The zero-order valence-corrected chi connectivity index (χ0v) is 16.7. The Balaban J connectivity index is 1.75. The molecule has 29 heavy (non-hydrogen) atoms. The SMILES string of the molecule is Cc1ccc(-c2nc(C)sc2CC(=O)Nc2ccccc2OCC(F)(F)F)cc1. The van der Waals surface area contributed by atoms with E-state index in [1.165, 1.54) is 23.5 Å². The van der Waals surface area contributed by atoms with Crippen molar-refractivity contribution in [2.75, 3.05) is 11.9 Å². The highest BCUT2D eigenvalue weighted by Gasteiger charge is 2.29. The average Bonchev–Trinajstić information content (AvgIpc) is 3.01. The largest absolute Gasteiger partial charge is 0.482 e. The van der Waals surface area contributed by atoms with Crippen molar-refractivity contribution in [3.63, 3.8) is 0 Å². The highest BCUT2D eigenvalue weighted by molar-refractivity contribution is 7.12. The Morgan fingerprint density at radius 3 is 2.48 bits per heavy atom. The lowest BCUT2D eigenvalue weighted by molar-refractivity contribution is -0.153. The predicted molar refractivity (Wildman–Crippen MR) is 107 cm³/mol. The molecular formula is C21H19F3N2O2S. The number of rotatable bonds is 6. The van der Waals surface area contributed by atoms with E-state index >= 15 is 0 Å². The second-order valence-corrected chi connectivity index (χ2v) is 7.78. The maximum absolute atomic E-state index is 12.6. The molecule has 1 heterocycles.